The van der Waals surface area contributed by atoms with Crippen molar-refractivity contribution in [2.24, 2.45) is 0 Å². The van der Waals surface area contributed by atoms with Crippen LogP contribution in [-0.2, 0) is 6.54 Å². The van der Waals surface area contributed by atoms with Gasteiger partial charge in [-0.25, -0.2) is 9.18 Å². The minimum absolute atomic E-state index is 0.188. The molecule has 6 nitrogen and oxygen atoms in total. The van der Waals surface area contributed by atoms with Crippen LogP contribution in [0.3, 0.4) is 0 Å². The first-order valence-electron chi connectivity index (χ1n) is 8.84. The van der Waals surface area contributed by atoms with Gasteiger partial charge in [0.25, 0.3) is 0 Å². The van der Waals surface area contributed by atoms with Gasteiger partial charge in [0.1, 0.15) is 17.3 Å². The van der Waals surface area contributed by atoms with Gasteiger partial charge in [-0.2, -0.15) is 0 Å². The van der Waals surface area contributed by atoms with Crippen molar-refractivity contribution in [3.05, 3.63) is 53.8 Å². The molecular weight excluding hydrogens is 349 g/mol. The van der Waals surface area contributed by atoms with Crippen molar-refractivity contribution < 1.29 is 18.7 Å². The minimum atomic E-state index is -0.192. The average Bonchev–Trinajstić information content (AvgIpc) is 2.70. The van der Waals surface area contributed by atoms with Crippen molar-refractivity contribution in [3.8, 4) is 11.5 Å². The van der Waals surface area contributed by atoms with Crippen LogP contribution < -0.4 is 14.8 Å². The number of hydrogen-bond donors (Lipinski definition) is 1. The zero-order valence-corrected chi connectivity index (χ0v) is 15.6. The van der Waals surface area contributed by atoms with Gasteiger partial charge in [-0.1, -0.05) is 18.2 Å². The van der Waals surface area contributed by atoms with E-state index in [0.717, 1.165) is 0 Å². The number of ether oxygens (including phenoxy) is 2. The number of halogens is 1. The van der Waals surface area contributed by atoms with E-state index in [4.69, 9.17) is 9.47 Å². The lowest BCUT2D eigenvalue weighted by Gasteiger charge is -2.34. The molecule has 1 heterocycles. The first kappa shape index (κ1) is 19.0. The number of amides is 2. The van der Waals surface area contributed by atoms with Crippen molar-refractivity contribution in [3.63, 3.8) is 0 Å². The van der Waals surface area contributed by atoms with Gasteiger partial charge in [0, 0.05) is 44.4 Å². The van der Waals surface area contributed by atoms with Crippen molar-refractivity contribution in [1.29, 1.82) is 0 Å². The number of nitrogens with zero attached hydrogens (tertiary/aromatic N) is 2. The molecule has 0 bridgehead atoms. The molecule has 0 radical (unpaired) electrons. The second-order valence-corrected chi connectivity index (χ2v) is 6.35. The maximum absolute atomic E-state index is 13.8. The summed E-state index contributed by atoms with van der Waals surface area (Å²) in [6, 6.07) is 11.9. The van der Waals surface area contributed by atoms with Gasteiger partial charge in [0.05, 0.1) is 19.9 Å². The average molecular weight is 373 g/mol. The molecule has 0 atom stereocenters. The van der Waals surface area contributed by atoms with Crippen molar-refractivity contribution in [2.75, 3.05) is 45.7 Å². The number of methoxy groups -OCH3 is 2. The van der Waals surface area contributed by atoms with E-state index >= 15 is 0 Å². The number of piperazine rings is 1. The van der Waals surface area contributed by atoms with E-state index in [2.05, 4.69) is 10.2 Å². The molecular formula is C20H24FN3O3. The molecule has 0 spiro atoms. The van der Waals surface area contributed by atoms with Crippen LogP contribution in [0.25, 0.3) is 0 Å². The van der Waals surface area contributed by atoms with E-state index in [1.165, 1.54) is 6.07 Å². The SMILES string of the molecule is COc1ccc(OC)c(NC(=O)N2CCN(Cc3ccccc3F)CC2)c1. The highest BCUT2D eigenvalue weighted by atomic mass is 19.1. The molecule has 2 aromatic carbocycles. The summed E-state index contributed by atoms with van der Waals surface area (Å²) in [7, 11) is 3.13. The Bertz CT molecular complexity index is 792. The highest BCUT2D eigenvalue weighted by Crippen LogP contribution is 2.29. The molecule has 0 aliphatic carbocycles. The van der Waals surface area contributed by atoms with Gasteiger partial charge in [-0.15, -0.1) is 0 Å². The number of nitrogens with one attached hydrogen (secondary N) is 1. The predicted molar refractivity (Wildman–Crippen MR) is 102 cm³/mol. The summed E-state index contributed by atoms with van der Waals surface area (Å²) >= 11 is 0. The van der Waals surface area contributed by atoms with Crippen LogP contribution in [0.5, 0.6) is 11.5 Å². The van der Waals surface area contributed by atoms with Crippen LogP contribution in [0.4, 0.5) is 14.9 Å². The fourth-order valence-electron chi connectivity index (χ4n) is 3.08. The second kappa shape index (κ2) is 8.73. The number of anilines is 1. The maximum Gasteiger partial charge on any atom is 0.322 e. The lowest BCUT2D eigenvalue weighted by atomic mass is 10.2. The Kier molecular flexibility index (Phi) is 6.13. The van der Waals surface area contributed by atoms with Gasteiger partial charge in [-0.3, -0.25) is 4.90 Å². The summed E-state index contributed by atoms with van der Waals surface area (Å²) in [5.41, 5.74) is 1.24. The molecule has 1 saturated heterocycles. The van der Waals surface area contributed by atoms with Crippen LogP contribution in [0, 0.1) is 5.82 Å². The Hall–Kier alpha value is -2.80. The van der Waals surface area contributed by atoms with Crippen molar-refractivity contribution in [2.45, 2.75) is 6.54 Å². The number of benzene rings is 2. The van der Waals surface area contributed by atoms with Crippen LogP contribution in [-0.4, -0.2) is 56.2 Å². The first-order chi connectivity index (χ1) is 13.1. The van der Waals surface area contributed by atoms with Crippen LogP contribution in [0.2, 0.25) is 0 Å². The number of carbonyl (C=O) groups is 1. The quantitative estimate of drug-likeness (QED) is 0.875. The van der Waals surface area contributed by atoms with E-state index in [1.54, 1.807) is 49.5 Å². The molecule has 3 rings (SSSR count). The third-order valence-corrected chi connectivity index (χ3v) is 4.66. The van der Waals surface area contributed by atoms with E-state index in [-0.39, 0.29) is 11.8 Å². The third kappa shape index (κ3) is 4.68. The number of urea groups is 1. The number of rotatable bonds is 5. The van der Waals surface area contributed by atoms with Gasteiger partial charge in [0.15, 0.2) is 0 Å². The zero-order chi connectivity index (χ0) is 19.2. The van der Waals surface area contributed by atoms with Gasteiger partial charge in [-0.05, 0) is 18.2 Å². The molecule has 2 aromatic rings. The lowest BCUT2D eigenvalue weighted by Crippen LogP contribution is -2.49. The molecule has 1 aliphatic rings. The topological polar surface area (TPSA) is 54.0 Å². The van der Waals surface area contributed by atoms with Crippen LogP contribution in [0.1, 0.15) is 5.56 Å². The third-order valence-electron chi connectivity index (χ3n) is 4.66. The first-order valence-corrected chi connectivity index (χ1v) is 8.84. The highest BCUT2D eigenvalue weighted by molar-refractivity contribution is 5.91. The van der Waals surface area contributed by atoms with E-state index in [9.17, 15) is 9.18 Å². The Balaban J connectivity index is 1.57. The molecule has 1 fully saturated rings. The Morgan fingerprint density at radius 2 is 1.81 bits per heavy atom. The van der Waals surface area contributed by atoms with Crippen molar-refractivity contribution >= 4 is 11.7 Å². The summed E-state index contributed by atoms with van der Waals surface area (Å²) in [6.07, 6.45) is 0. The van der Waals surface area contributed by atoms with Gasteiger partial charge in [0.2, 0.25) is 0 Å². The summed E-state index contributed by atoms with van der Waals surface area (Å²) in [6.45, 7) is 3.08. The van der Waals surface area contributed by atoms with Gasteiger partial charge < -0.3 is 19.7 Å². The van der Waals surface area contributed by atoms with Gasteiger partial charge >= 0.3 is 6.03 Å². The number of hydrogen-bond acceptors (Lipinski definition) is 4. The fraction of sp³-hybridized carbons (Fsp3) is 0.350. The molecule has 27 heavy (non-hydrogen) atoms. The van der Waals surface area contributed by atoms with E-state index in [1.807, 2.05) is 6.07 Å². The molecule has 144 valence electrons. The highest BCUT2D eigenvalue weighted by Gasteiger charge is 2.22. The zero-order valence-electron chi connectivity index (χ0n) is 15.6. The summed E-state index contributed by atoms with van der Waals surface area (Å²) in [4.78, 5) is 16.5. The molecule has 0 unspecified atom stereocenters. The summed E-state index contributed by atoms with van der Waals surface area (Å²) < 4.78 is 24.3. The molecule has 1 N–H and O–H groups in total. The Labute approximate surface area is 158 Å². The molecule has 0 aromatic heterocycles. The number of carbonyl (C=O) groups excluding carboxylic acids is 1. The Morgan fingerprint density at radius 3 is 2.48 bits per heavy atom. The fourth-order valence-corrected chi connectivity index (χ4v) is 3.08. The maximum atomic E-state index is 13.8. The summed E-state index contributed by atoms with van der Waals surface area (Å²) in [5.74, 6) is 1.02. The monoisotopic (exact) mass is 373 g/mol. The summed E-state index contributed by atoms with van der Waals surface area (Å²) in [5, 5.41) is 2.88. The Morgan fingerprint density at radius 1 is 1.07 bits per heavy atom. The second-order valence-electron chi connectivity index (χ2n) is 6.35. The van der Waals surface area contributed by atoms with E-state index < -0.39 is 0 Å². The van der Waals surface area contributed by atoms with Crippen LogP contribution in [0.15, 0.2) is 42.5 Å². The van der Waals surface area contributed by atoms with Crippen molar-refractivity contribution in [1.82, 2.24) is 9.80 Å². The normalized spacial score (nSPS) is 14.7. The van der Waals surface area contributed by atoms with E-state index in [0.29, 0.717) is 55.5 Å². The van der Waals surface area contributed by atoms with Crippen LogP contribution >= 0.6 is 0 Å². The molecule has 2 amide bonds. The lowest BCUT2D eigenvalue weighted by molar-refractivity contribution is 0.142. The predicted octanol–water partition coefficient (Wildman–Crippen LogP) is 3.19. The largest absolute Gasteiger partial charge is 0.497 e. The molecule has 1 aliphatic heterocycles. The molecule has 0 saturated carbocycles. The standard InChI is InChI=1S/C20H24FN3O3/c1-26-16-7-8-19(27-2)18(13-16)22-20(25)24-11-9-23(10-12-24)14-15-5-3-4-6-17(15)21/h3-8,13H,9-12,14H2,1-2H3,(H,22,25). The minimum Gasteiger partial charge on any atom is -0.497 e. The smallest absolute Gasteiger partial charge is 0.322 e. The molecule has 7 heteroatoms.